The lowest BCUT2D eigenvalue weighted by atomic mass is 10.1. The van der Waals surface area contributed by atoms with Crippen molar-refractivity contribution in [3.63, 3.8) is 0 Å². The monoisotopic (exact) mass is 377 g/mol. The largest absolute Gasteiger partial charge is 0.417 e. The molecule has 1 aliphatic heterocycles. The highest BCUT2D eigenvalue weighted by Gasteiger charge is 2.31. The number of nitrogens with zero attached hydrogens (tertiary/aromatic N) is 3. The number of carbonyl (C=O) groups excluding carboxylic acids is 1. The first kappa shape index (κ1) is 19.2. The number of hydrogen-bond acceptors (Lipinski definition) is 3. The van der Waals surface area contributed by atoms with Gasteiger partial charge in [0.25, 0.3) is 5.91 Å². The second kappa shape index (κ2) is 7.58. The molecule has 1 aliphatic rings. The number of amides is 1. The van der Waals surface area contributed by atoms with E-state index in [4.69, 9.17) is 0 Å². The third-order valence-corrected chi connectivity index (χ3v) is 4.65. The molecule has 1 saturated heterocycles. The van der Waals surface area contributed by atoms with Crippen LogP contribution in [0.1, 0.15) is 33.5 Å². The van der Waals surface area contributed by atoms with Gasteiger partial charge in [-0.25, -0.2) is 4.98 Å². The summed E-state index contributed by atoms with van der Waals surface area (Å²) < 4.78 is 38.1. The van der Waals surface area contributed by atoms with Crippen LogP contribution in [0.3, 0.4) is 0 Å². The van der Waals surface area contributed by atoms with Gasteiger partial charge in [0.1, 0.15) is 5.82 Å². The summed E-state index contributed by atoms with van der Waals surface area (Å²) in [6.45, 7) is 6.23. The Hall–Kier alpha value is -2.57. The van der Waals surface area contributed by atoms with Crippen molar-refractivity contribution in [3.8, 4) is 0 Å². The molecule has 2 heterocycles. The van der Waals surface area contributed by atoms with Crippen LogP contribution in [0.2, 0.25) is 0 Å². The molecule has 0 atom stereocenters. The molecule has 2 aromatic rings. The predicted octanol–water partition coefficient (Wildman–Crippen LogP) is 4.07. The first-order chi connectivity index (χ1) is 12.7. The molecule has 0 bridgehead atoms. The fourth-order valence-corrected chi connectivity index (χ4v) is 3.37. The Balaban J connectivity index is 1.69. The SMILES string of the molecule is Cc1cc(C)cc(C(=O)N2CCCN(c3ccc(C(F)(F)F)cn3)CC2)c1. The van der Waals surface area contributed by atoms with E-state index in [0.29, 0.717) is 37.6 Å². The standard InChI is InChI=1S/C20H22F3N3O/c1-14-10-15(2)12-16(11-14)19(27)26-7-3-6-25(8-9-26)18-5-4-17(13-24-18)20(21,22)23/h4-5,10-13H,3,6-9H2,1-2H3. The number of hydrogen-bond donors (Lipinski definition) is 0. The van der Waals surface area contributed by atoms with E-state index in [1.165, 1.54) is 6.07 Å². The van der Waals surface area contributed by atoms with Gasteiger partial charge < -0.3 is 9.80 Å². The summed E-state index contributed by atoms with van der Waals surface area (Å²) in [5.74, 6) is 0.493. The van der Waals surface area contributed by atoms with Gasteiger partial charge in [0, 0.05) is 37.9 Å². The summed E-state index contributed by atoms with van der Waals surface area (Å²) >= 11 is 0. The molecular formula is C20H22F3N3O. The van der Waals surface area contributed by atoms with Gasteiger partial charge in [0.15, 0.2) is 0 Å². The highest BCUT2D eigenvalue weighted by Crippen LogP contribution is 2.29. The van der Waals surface area contributed by atoms with Gasteiger partial charge in [-0.05, 0) is 44.5 Å². The molecule has 0 unspecified atom stereocenters. The summed E-state index contributed by atoms with van der Waals surface area (Å²) in [6, 6.07) is 8.23. The number of rotatable bonds is 2. The van der Waals surface area contributed by atoms with E-state index in [9.17, 15) is 18.0 Å². The molecule has 1 aromatic heterocycles. The van der Waals surface area contributed by atoms with Crippen LogP contribution in [0, 0.1) is 13.8 Å². The molecule has 1 fully saturated rings. The molecular weight excluding hydrogens is 355 g/mol. The van der Waals surface area contributed by atoms with Crippen LogP contribution in [0.15, 0.2) is 36.5 Å². The summed E-state index contributed by atoms with van der Waals surface area (Å²) in [7, 11) is 0. The van der Waals surface area contributed by atoms with Crippen molar-refractivity contribution in [2.75, 3.05) is 31.1 Å². The molecule has 3 rings (SSSR count). The van der Waals surface area contributed by atoms with E-state index in [0.717, 1.165) is 29.8 Å². The molecule has 0 saturated carbocycles. The minimum absolute atomic E-state index is 0.0102. The normalized spacial score (nSPS) is 15.6. The van der Waals surface area contributed by atoms with Gasteiger partial charge in [-0.15, -0.1) is 0 Å². The minimum Gasteiger partial charge on any atom is -0.355 e. The number of alkyl halides is 3. The van der Waals surface area contributed by atoms with Gasteiger partial charge in [-0.1, -0.05) is 17.2 Å². The lowest BCUT2D eigenvalue weighted by Gasteiger charge is -2.23. The van der Waals surface area contributed by atoms with E-state index in [1.54, 1.807) is 4.90 Å². The molecule has 1 aromatic carbocycles. The molecule has 0 aliphatic carbocycles. The number of aromatic nitrogens is 1. The van der Waals surface area contributed by atoms with E-state index in [1.807, 2.05) is 36.9 Å². The van der Waals surface area contributed by atoms with E-state index < -0.39 is 11.7 Å². The van der Waals surface area contributed by atoms with Crippen molar-refractivity contribution in [2.24, 2.45) is 0 Å². The Morgan fingerprint density at radius 3 is 2.30 bits per heavy atom. The number of pyridine rings is 1. The lowest BCUT2D eigenvalue weighted by Crippen LogP contribution is -2.35. The Kier molecular flexibility index (Phi) is 5.39. The fourth-order valence-electron chi connectivity index (χ4n) is 3.37. The van der Waals surface area contributed by atoms with Crippen molar-refractivity contribution < 1.29 is 18.0 Å². The number of aryl methyl sites for hydroxylation is 2. The zero-order chi connectivity index (χ0) is 19.6. The molecule has 0 N–H and O–H groups in total. The zero-order valence-electron chi connectivity index (χ0n) is 15.4. The summed E-state index contributed by atoms with van der Waals surface area (Å²) in [5, 5.41) is 0. The quantitative estimate of drug-likeness (QED) is 0.792. The van der Waals surface area contributed by atoms with Gasteiger partial charge in [-0.3, -0.25) is 4.79 Å². The number of carbonyl (C=O) groups is 1. The maximum atomic E-state index is 12.8. The first-order valence-electron chi connectivity index (χ1n) is 8.90. The fraction of sp³-hybridized carbons (Fsp3) is 0.400. The average molecular weight is 377 g/mol. The van der Waals surface area contributed by atoms with Crippen LogP contribution in [0.5, 0.6) is 0 Å². The van der Waals surface area contributed by atoms with Crippen molar-refractivity contribution in [2.45, 2.75) is 26.4 Å². The van der Waals surface area contributed by atoms with Gasteiger partial charge in [0.05, 0.1) is 5.56 Å². The second-order valence-corrected chi connectivity index (χ2v) is 6.91. The molecule has 0 radical (unpaired) electrons. The summed E-state index contributed by atoms with van der Waals surface area (Å²) in [5.41, 5.74) is 2.01. The van der Waals surface area contributed by atoms with Crippen LogP contribution in [-0.2, 0) is 6.18 Å². The molecule has 4 nitrogen and oxygen atoms in total. The van der Waals surface area contributed by atoms with Crippen molar-refractivity contribution in [1.82, 2.24) is 9.88 Å². The molecule has 0 spiro atoms. The van der Waals surface area contributed by atoms with E-state index in [-0.39, 0.29) is 5.91 Å². The molecule has 1 amide bonds. The van der Waals surface area contributed by atoms with Gasteiger partial charge in [-0.2, -0.15) is 13.2 Å². The Labute approximate surface area is 156 Å². The zero-order valence-corrected chi connectivity index (χ0v) is 15.4. The highest BCUT2D eigenvalue weighted by molar-refractivity contribution is 5.94. The number of anilines is 1. The third-order valence-electron chi connectivity index (χ3n) is 4.65. The van der Waals surface area contributed by atoms with Crippen LogP contribution >= 0.6 is 0 Å². The van der Waals surface area contributed by atoms with Crippen molar-refractivity contribution in [1.29, 1.82) is 0 Å². The van der Waals surface area contributed by atoms with Crippen LogP contribution in [0.4, 0.5) is 19.0 Å². The number of halogens is 3. The maximum absolute atomic E-state index is 12.8. The van der Waals surface area contributed by atoms with Crippen LogP contribution < -0.4 is 4.90 Å². The predicted molar refractivity (Wildman–Crippen MR) is 97.9 cm³/mol. The second-order valence-electron chi connectivity index (χ2n) is 6.91. The van der Waals surface area contributed by atoms with Gasteiger partial charge in [0.2, 0.25) is 0 Å². The minimum atomic E-state index is -4.39. The lowest BCUT2D eigenvalue weighted by molar-refractivity contribution is -0.137. The van der Waals surface area contributed by atoms with Crippen LogP contribution in [-0.4, -0.2) is 42.0 Å². The Bertz CT molecular complexity index is 798. The number of benzene rings is 1. The third kappa shape index (κ3) is 4.59. The summed E-state index contributed by atoms with van der Waals surface area (Å²) in [6.07, 6.45) is -2.79. The first-order valence-corrected chi connectivity index (χ1v) is 8.90. The average Bonchev–Trinajstić information content (AvgIpc) is 2.86. The van der Waals surface area contributed by atoms with Crippen molar-refractivity contribution >= 4 is 11.7 Å². The smallest absolute Gasteiger partial charge is 0.355 e. The Morgan fingerprint density at radius 2 is 1.70 bits per heavy atom. The van der Waals surface area contributed by atoms with Crippen LogP contribution in [0.25, 0.3) is 0 Å². The highest BCUT2D eigenvalue weighted by atomic mass is 19.4. The maximum Gasteiger partial charge on any atom is 0.417 e. The van der Waals surface area contributed by atoms with E-state index in [2.05, 4.69) is 4.98 Å². The Morgan fingerprint density at radius 1 is 1.00 bits per heavy atom. The molecule has 27 heavy (non-hydrogen) atoms. The molecule has 144 valence electrons. The van der Waals surface area contributed by atoms with Crippen molar-refractivity contribution in [3.05, 3.63) is 58.8 Å². The molecule has 7 heteroatoms. The van der Waals surface area contributed by atoms with Gasteiger partial charge >= 0.3 is 6.18 Å². The summed E-state index contributed by atoms with van der Waals surface area (Å²) in [4.78, 5) is 20.5. The van der Waals surface area contributed by atoms with E-state index >= 15 is 0 Å². The topological polar surface area (TPSA) is 36.4 Å².